The Balaban J connectivity index is 1.73. The molecule has 0 saturated carbocycles. The molecule has 1 unspecified atom stereocenters. The number of ether oxygens (including phenoxy) is 1. The Labute approximate surface area is 130 Å². The van der Waals surface area contributed by atoms with Crippen LogP contribution in [-0.4, -0.2) is 6.54 Å². The topological polar surface area (TPSA) is 21.3 Å². The van der Waals surface area contributed by atoms with Crippen LogP contribution in [-0.2, 0) is 13.0 Å². The summed E-state index contributed by atoms with van der Waals surface area (Å²) < 4.78 is 19.1. The molecule has 0 heterocycles. The molecule has 112 valence electrons. The zero-order valence-corrected chi connectivity index (χ0v) is 12.3. The monoisotopic (exact) mass is 295 g/mol. The maximum Gasteiger partial charge on any atom is 0.123 e. The van der Waals surface area contributed by atoms with Gasteiger partial charge >= 0.3 is 0 Å². The summed E-state index contributed by atoms with van der Waals surface area (Å²) in [5.41, 5.74) is 3.32. The zero-order valence-electron chi connectivity index (χ0n) is 12.3. The lowest BCUT2D eigenvalue weighted by atomic mass is 10.1. The Morgan fingerprint density at radius 3 is 2.95 bits per heavy atom. The van der Waals surface area contributed by atoms with Gasteiger partial charge in [0, 0.05) is 6.04 Å². The predicted molar refractivity (Wildman–Crippen MR) is 85.1 cm³/mol. The molecule has 22 heavy (non-hydrogen) atoms. The van der Waals surface area contributed by atoms with Crippen LogP contribution in [0.4, 0.5) is 4.39 Å². The van der Waals surface area contributed by atoms with Crippen LogP contribution in [0.2, 0.25) is 0 Å². The quantitative estimate of drug-likeness (QED) is 0.851. The minimum absolute atomic E-state index is 0.238. The average molecular weight is 295 g/mol. The summed E-state index contributed by atoms with van der Waals surface area (Å²) in [6.45, 7) is 0.940. The van der Waals surface area contributed by atoms with Crippen LogP contribution in [0.3, 0.4) is 0 Å². The third-order valence-electron chi connectivity index (χ3n) is 3.96. The van der Waals surface area contributed by atoms with Crippen LogP contribution in [0.15, 0.2) is 42.5 Å². The first-order valence-electron chi connectivity index (χ1n) is 7.44. The van der Waals surface area contributed by atoms with Crippen molar-refractivity contribution in [2.75, 3.05) is 6.54 Å². The Hall–Kier alpha value is -2.31. The lowest BCUT2D eigenvalue weighted by molar-refractivity contribution is 0.302. The van der Waals surface area contributed by atoms with Gasteiger partial charge in [0.2, 0.25) is 0 Å². The average Bonchev–Trinajstić information content (AvgIpc) is 2.95. The van der Waals surface area contributed by atoms with Crippen molar-refractivity contribution >= 4 is 0 Å². The summed E-state index contributed by atoms with van der Waals surface area (Å²) >= 11 is 0. The van der Waals surface area contributed by atoms with Gasteiger partial charge in [0.25, 0.3) is 0 Å². The molecular weight excluding hydrogens is 277 g/mol. The smallest absolute Gasteiger partial charge is 0.123 e. The Morgan fingerprint density at radius 1 is 1.27 bits per heavy atom. The van der Waals surface area contributed by atoms with Crippen LogP contribution in [0, 0.1) is 18.2 Å². The van der Waals surface area contributed by atoms with Gasteiger partial charge in [-0.05, 0) is 47.7 Å². The van der Waals surface area contributed by atoms with Crippen molar-refractivity contribution in [3.8, 4) is 18.1 Å². The fourth-order valence-corrected chi connectivity index (χ4v) is 2.94. The number of halogens is 1. The molecule has 3 heteroatoms. The van der Waals surface area contributed by atoms with E-state index in [4.69, 9.17) is 11.2 Å². The third-order valence-corrected chi connectivity index (χ3v) is 3.96. The summed E-state index contributed by atoms with van der Waals surface area (Å²) in [6.07, 6.45) is 7.31. The second-order valence-corrected chi connectivity index (χ2v) is 5.42. The number of nitrogens with one attached hydrogen (secondary N) is 1. The molecule has 1 aliphatic carbocycles. The lowest BCUT2D eigenvalue weighted by Gasteiger charge is -2.14. The Morgan fingerprint density at radius 2 is 2.14 bits per heavy atom. The van der Waals surface area contributed by atoms with Gasteiger partial charge in [-0.25, -0.2) is 4.39 Å². The number of benzene rings is 2. The molecule has 0 bridgehead atoms. The van der Waals surface area contributed by atoms with Crippen molar-refractivity contribution in [2.24, 2.45) is 0 Å². The van der Waals surface area contributed by atoms with Gasteiger partial charge in [-0.2, -0.15) is 0 Å². The van der Waals surface area contributed by atoms with E-state index in [-0.39, 0.29) is 5.82 Å². The van der Waals surface area contributed by atoms with Gasteiger partial charge in [0.1, 0.15) is 18.2 Å². The number of terminal acetylenes is 1. The molecular formula is C19H18FNO. The Kier molecular flexibility index (Phi) is 4.41. The molecule has 3 rings (SSSR count). The molecule has 1 atom stereocenters. The van der Waals surface area contributed by atoms with Crippen molar-refractivity contribution in [1.82, 2.24) is 5.32 Å². The molecule has 1 aliphatic rings. The van der Waals surface area contributed by atoms with E-state index >= 15 is 0 Å². The molecule has 0 saturated heterocycles. The SMILES string of the molecule is C#CCNC1CCc2c(OCc3cccc(F)c3)cccc21. The van der Waals surface area contributed by atoms with Gasteiger partial charge in [-0.1, -0.05) is 30.2 Å². The minimum atomic E-state index is -0.238. The van der Waals surface area contributed by atoms with Crippen LogP contribution >= 0.6 is 0 Å². The first-order valence-corrected chi connectivity index (χ1v) is 7.44. The molecule has 1 N–H and O–H groups in total. The van der Waals surface area contributed by atoms with E-state index in [0.29, 0.717) is 19.2 Å². The second-order valence-electron chi connectivity index (χ2n) is 5.42. The molecule has 0 radical (unpaired) electrons. The minimum Gasteiger partial charge on any atom is -0.489 e. The summed E-state index contributed by atoms with van der Waals surface area (Å²) in [7, 11) is 0. The van der Waals surface area contributed by atoms with E-state index in [1.165, 1.54) is 23.3 Å². The van der Waals surface area contributed by atoms with Crippen LogP contribution in [0.5, 0.6) is 5.75 Å². The van der Waals surface area contributed by atoms with Gasteiger partial charge < -0.3 is 4.74 Å². The largest absolute Gasteiger partial charge is 0.489 e. The van der Waals surface area contributed by atoms with Gasteiger partial charge in [-0.15, -0.1) is 6.42 Å². The van der Waals surface area contributed by atoms with Gasteiger partial charge in [0.05, 0.1) is 6.54 Å². The first-order chi connectivity index (χ1) is 10.8. The molecule has 0 aliphatic heterocycles. The second kappa shape index (κ2) is 6.64. The highest BCUT2D eigenvalue weighted by Crippen LogP contribution is 2.37. The van der Waals surface area contributed by atoms with Crippen molar-refractivity contribution in [2.45, 2.75) is 25.5 Å². The van der Waals surface area contributed by atoms with E-state index in [1.54, 1.807) is 6.07 Å². The van der Waals surface area contributed by atoms with Crippen molar-refractivity contribution < 1.29 is 9.13 Å². The lowest BCUT2D eigenvalue weighted by Crippen LogP contribution is -2.19. The standard InChI is InChI=1S/C19H18FNO/c1-2-11-21-18-10-9-17-16(18)7-4-8-19(17)22-13-14-5-3-6-15(20)12-14/h1,3-8,12,18,21H,9-11,13H2. The van der Waals surface area contributed by atoms with Gasteiger partial charge in [-0.3, -0.25) is 5.32 Å². The van der Waals surface area contributed by atoms with Crippen molar-refractivity contribution in [3.63, 3.8) is 0 Å². The first kappa shape index (κ1) is 14.6. The fraction of sp³-hybridized carbons (Fsp3) is 0.263. The number of hydrogen-bond acceptors (Lipinski definition) is 2. The summed E-state index contributed by atoms with van der Waals surface area (Å²) in [6, 6.07) is 12.9. The third kappa shape index (κ3) is 3.13. The van der Waals surface area contributed by atoms with Crippen molar-refractivity contribution in [3.05, 3.63) is 65.0 Å². The van der Waals surface area contributed by atoms with E-state index in [0.717, 1.165) is 24.2 Å². The number of rotatable bonds is 5. The van der Waals surface area contributed by atoms with Crippen LogP contribution in [0.1, 0.15) is 29.2 Å². The van der Waals surface area contributed by atoms with Crippen LogP contribution < -0.4 is 10.1 Å². The van der Waals surface area contributed by atoms with Gasteiger partial charge in [0.15, 0.2) is 0 Å². The molecule has 0 aromatic heterocycles. The van der Waals surface area contributed by atoms with E-state index in [1.807, 2.05) is 18.2 Å². The molecule has 2 nitrogen and oxygen atoms in total. The van der Waals surface area contributed by atoms with Crippen LogP contribution in [0.25, 0.3) is 0 Å². The zero-order chi connectivity index (χ0) is 15.4. The highest BCUT2D eigenvalue weighted by molar-refractivity contribution is 5.45. The van der Waals surface area contributed by atoms with Crippen molar-refractivity contribution in [1.29, 1.82) is 0 Å². The fourth-order valence-electron chi connectivity index (χ4n) is 2.94. The maximum atomic E-state index is 13.2. The normalized spacial score (nSPS) is 16.1. The maximum absolute atomic E-state index is 13.2. The molecule has 2 aromatic carbocycles. The van der Waals surface area contributed by atoms with E-state index in [2.05, 4.69) is 17.3 Å². The molecule has 0 fully saturated rings. The van der Waals surface area contributed by atoms with E-state index in [9.17, 15) is 4.39 Å². The predicted octanol–water partition coefficient (Wildman–Crippen LogP) is 3.61. The molecule has 0 spiro atoms. The summed E-state index contributed by atoms with van der Waals surface area (Å²) in [5, 5.41) is 3.35. The highest BCUT2D eigenvalue weighted by atomic mass is 19.1. The highest BCUT2D eigenvalue weighted by Gasteiger charge is 2.24. The summed E-state index contributed by atoms with van der Waals surface area (Å²) in [4.78, 5) is 0. The summed E-state index contributed by atoms with van der Waals surface area (Å²) in [5.74, 6) is 3.26. The Bertz CT molecular complexity index is 705. The molecule has 0 amide bonds. The number of hydrogen-bond donors (Lipinski definition) is 1. The molecule has 2 aromatic rings. The van der Waals surface area contributed by atoms with E-state index < -0.39 is 0 Å². The number of fused-ring (bicyclic) bond motifs is 1.